The van der Waals surface area contributed by atoms with E-state index in [-0.39, 0.29) is 36.5 Å². The summed E-state index contributed by atoms with van der Waals surface area (Å²) in [5.41, 5.74) is 2.74. The highest BCUT2D eigenvalue weighted by atomic mass is 16.7. The van der Waals surface area contributed by atoms with Crippen LogP contribution >= 0.6 is 0 Å². The zero-order chi connectivity index (χ0) is 25.8. The van der Waals surface area contributed by atoms with Crippen molar-refractivity contribution < 1.29 is 19.1 Å². The van der Waals surface area contributed by atoms with E-state index >= 15 is 0 Å². The van der Waals surface area contributed by atoms with Crippen LogP contribution in [0.5, 0.6) is 11.5 Å². The van der Waals surface area contributed by atoms with E-state index in [1.165, 1.54) is 0 Å². The van der Waals surface area contributed by atoms with Crippen LogP contribution in [0.2, 0.25) is 0 Å². The Balaban J connectivity index is 1.21. The van der Waals surface area contributed by atoms with Crippen LogP contribution in [0.3, 0.4) is 0 Å². The van der Waals surface area contributed by atoms with Crippen LogP contribution in [0.25, 0.3) is 17.2 Å². The van der Waals surface area contributed by atoms with Gasteiger partial charge in [0.15, 0.2) is 11.5 Å². The number of fused-ring (bicyclic) bond motifs is 2. The Labute approximate surface area is 219 Å². The maximum absolute atomic E-state index is 12.5. The van der Waals surface area contributed by atoms with E-state index in [0.29, 0.717) is 42.7 Å². The molecule has 1 saturated heterocycles. The molecular weight excluding hydrogens is 486 g/mol. The highest BCUT2D eigenvalue weighted by molar-refractivity contribution is 5.81. The van der Waals surface area contributed by atoms with Crippen LogP contribution in [0.15, 0.2) is 30.5 Å². The lowest BCUT2D eigenvalue weighted by Gasteiger charge is -2.17. The first-order valence-electron chi connectivity index (χ1n) is 13.2. The predicted octanol–water partition coefficient (Wildman–Crippen LogP) is 1.94. The molecule has 4 aliphatic rings. The molecule has 4 heterocycles. The summed E-state index contributed by atoms with van der Waals surface area (Å²) in [5, 5.41) is 6.20. The van der Waals surface area contributed by atoms with Gasteiger partial charge in [-0.05, 0) is 43.5 Å². The molecule has 196 valence electrons. The van der Waals surface area contributed by atoms with E-state index in [1.54, 1.807) is 13.2 Å². The Bertz CT molecular complexity index is 1430. The monoisotopic (exact) mass is 515 g/mol. The summed E-state index contributed by atoms with van der Waals surface area (Å²) >= 11 is 0. The standard InChI is InChI=1S/C27H29N7O4/c1-28-25(35)17-10-19-20(11-17)34(24(31-19)16-4-5-21-22(12-16)38-14-37-21)23-6-8-29-27(32-23)30-18-7-9-33(13-18)26(36)15-2-3-15/h4-6,8,12,15,17-18H,2-3,7,9-11,13-14H2,1H3,(H,28,35)(H,29,30,32)/t17?,18-/m1/s1. The zero-order valence-corrected chi connectivity index (χ0v) is 21.1. The molecule has 3 aromatic rings. The van der Waals surface area contributed by atoms with Crippen molar-refractivity contribution in [2.24, 2.45) is 11.8 Å². The van der Waals surface area contributed by atoms with Gasteiger partial charge in [-0.2, -0.15) is 4.98 Å². The first-order chi connectivity index (χ1) is 18.6. The number of nitrogens with zero attached hydrogens (tertiary/aromatic N) is 5. The second-order valence-electron chi connectivity index (χ2n) is 10.4. The van der Waals surface area contributed by atoms with Gasteiger partial charge in [-0.3, -0.25) is 14.2 Å². The first kappa shape index (κ1) is 23.0. The van der Waals surface area contributed by atoms with Crippen molar-refractivity contribution in [3.63, 3.8) is 0 Å². The normalized spacial score (nSPS) is 21.4. The number of benzene rings is 1. The second-order valence-corrected chi connectivity index (χ2v) is 10.4. The minimum atomic E-state index is -0.164. The van der Waals surface area contributed by atoms with Crippen LogP contribution < -0.4 is 20.1 Å². The molecule has 2 aliphatic carbocycles. The van der Waals surface area contributed by atoms with Gasteiger partial charge in [0.1, 0.15) is 11.6 Å². The number of imidazole rings is 1. The molecule has 1 saturated carbocycles. The van der Waals surface area contributed by atoms with Crippen molar-refractivity contribution in [1.82, 2.24) is 29.7 Å². The number of nitrogens with one attached hydrogen (secondary N) is 2. The lowest BCUT2D eigenvalue weighted by molar-refractivity contribution is -0.131. The van der Waals surface area contributed by atoms with Gasteiger partial charge in [-0.15, -0.1) is 0 Å². The van der Waals surface area contributed by atoms with E-state index in [4.69, 9.17) is 19.4 Å². The molecular formula is C27H29N7O4. The van der Waals surface area contributed by atoms with E-state index in [2.05, 4.69) is 15.6 Å². The molecule has 1 aromatic carbocycles. The third kappa shape index (κ3) is 4.02. The highest BCUT2D eigenvalue weighted by Crippen LogP contribution is 2.39. The van der Waals surface area contributed by atoms with Gasteiger partial charge in [0.25, 0.3) is 0 Å². The number of hydrogen-bond acceptors (Lipinski definition) is 8. The van der Waals surface area contributed by atoms with Gasteiger partial charge < -0.3 is 25.0 Å². The van der Waals surface area contributed by atoms with E-state index in [0.717, 1.165) is 48.6 Å². The number of likely N-dealkylation sites (tertiary alicyclic amines) is 1. The molecule has 2 aliphatic heterocycles. The third-order valence-corrected chi connectivity index (χ3v) is 7.81. The largest absolute Gasteiger partial charge is 0.454 e. The average molecular weight is 516 g/mol. The van der Waals surface area contributed by atoms with Crippen LogP contribution in [0, 0.1) is 11.8 Å². The van der Waals surface area contributed by atoms with E-state index in [9.17, 15) is 9.59 Å². The Hall–Kier alpha value is -4.15. The van der Waals surface area contributed by atoms with Crippen molar-refractivity contribution in [3.8, 4) is 28.7 Å². The number of aromatic nitrogens is 4. The average Bonchev–Trinajstić information content (AvgIpc) is 3.26. The van der Waals surface area contributed by atoms with Crippen LogP contribution in [-0.2, 0) is 22.4 Å². The summed E-state index contributed by atoms with van der Waals surface area (Å²) < 4.78 is 13.1. The molecule has 2 aromatic heterocycles. The highest BCUT2D eigenvalue weighted by Gasteiger charge is 2.37. The SMILES string of the molecule is CNC(=O)C1Cc2nc(-c3ccc4c(c3)OCO4)n(-c3ccnc(N[C@@H]4CCN(C(=O)C5CC5)C4)n3)c2C1. The molecule has 0 radical (unpaired) electrons. The summed E-state index contributed by atoms with van der Waals surface area (Å²) in [4.78, 5) is 41.2. The van der Waals surface area contributed by atoms with Crippen molar-refractivity contribution in [2.75, 3.05) is 32.2 Å². The van der Waals surface area contributed by atoms with Gasteiger partial charge in [-0.1, -0.05) is 0 Å². The quantitative estimate of drug-likeness (QED) is 0.511. The van der Waals surface area contributed by atoms with Crippen molar-refractivity contribution in [2.45, 2.75) is 38.1 Å². The summed E-state index contributed by atoms with van der Waals surface area (Å²) in [5.74, 6) is 3.64. The fourth-order valence-corrected chi connectivity index (χ4v) is 5.67. The fourth-order valence-electron chi connectivity index (χ4n) is 5.67. The second kappa shape index (κ2) is 9.00. The van der Waals surface area contributed by atoms with Crippen LogP contribution in [0.1, 0.15) is 30.7 Å². The molecule has 2 amide bonds. The van der Waals surface area contributed by atoms with Crippen molar-refractivity contribution in [1.29, 1.82) is 0 Å². The van der Waals surface area contributed by atoms with Crippen LogP contribution in [0.4, 0.5) is 5.95 Å². The van der Waals surface area contributed by atoms with Crippen molar-refractivity contribution >= 4 is 17.8 Å². The maximum Gasteiger partial charge on any atom is 0.231 e. The molecule has 0 spiro atoms. The van der Waals surface area contributed by atoms with Crippen LogP contribution in [-0.4, -0.2) is 69.2 Å². The molecule has 7 rings (SSSR count). The van der Waals surface area contributed by atoms with Gasteiger partial charge in [0.2, 0.25) is 24.6 Å². The molecule has 2 atom stereocenters. The summed E-state index contributed by atoms with van der Waals surface area (Å²) in [6.07, 6.45) is 5.76. The number of rotatable bonds is 6. The minimum absolute atomic E-state index is 0.00996. The fraction of sp³-hybridized carbons (Fsp3) is 0.444. The maximum atomic E-state index is 12.5. The van der Waals surface area contributed by atoms with Gasteiger partial charge >= 0.3 is 0 Å². The Kier molecular flexibility index (Phi) is 5.45. The number of amides is 2. The lowest BCUT2D eigenvalue weighted by Crippen LogP contribution is -2.32. The smallest absolute Gasteiger partial charge is 0.231 e. The lowest BCUT2D eigenvalue weighted by atomic mass is 10.1. The molecule has 2 N–H and O–H groups in total. The number of hydrogen-bond donors (Lipinski definition) is 2. The Morgan fingerprint density at radius 3 is 2.74 bits per heavy atom. The van der Waals surface area contributed by atoms with E-state index in [1.807, 2.05) is 33.7 Å². The van der Waals surface area contributed by atoms with Gasteiger partial charge in [0.05, 0.1) is 5.69 Å². The molecule has 2 fully saturated rings. The predicted molar refractivity (Wildman–Crippen MR) is 137 cm³/mol. The van der Waals surface area contributed by atoms with E-state index < -0.39 is 0 Å². The molecule has 1 unspecified atom stereocenters. The van der Waals surface area contributed by atoms with Crippen molar-refractivity contribution in [3.05, 3.63) is 41.9 Å². The molecule has 11 nitrogen and oxygen atoms in total. The molecule has 0 bridgehead atoms. The number of ether oxygens (including phenoxy) is 2. The Morgan fingerprint density at radius 1 is 1.03 bits per heavy atom. The zero-order valence-electron chi connectivity index (χ0n) is 21.1. The first-order valence-corrected chi connectivity index (χ1v) is 13.2. The molecule has 38 heavy (non-hydrogen) atoms. The summed E-state index contributed by atoms with van der Waals surface area (Å²) in [7, 11) is 1.66. The third-order valence-electron chi connectivity index (χ3n) is 7.81. The molecule has 11 heteroatoms. The minimum Gasteiger partial charge on any atom is -0.454 e. The summed E-state index contributed by atoms with van der Waals surface area (Å²) in [6.45, 7) is 1.62. The number of carbonyl (C=O) groups is 2. The topological polar surface area (TPSA) is 123 Å². The number of anilines is 1. The van der Waals surface area contributed by atoms with Gasteiger partial charge in [-0.25, -0.2) is 9.97 Å². The number of carbonyl (C=O) groups excluding carboxylic acids is 2. The van der Waals surface area contributed by atoms with Gasteiger partial charge in [0, 0.05) is 68.3 Å². The summed E-state index contributed by atoms with van der Waals surface area (Å²) in [6, 6.07) is 7.73. The Morgan fingerprint density at radius 2 is 1.89 bits per heavy atom.